The molecule has 0 bridgehead atoms. The topological polar surface area (TPSA) is 28.7 Å². The molecule has 3 heteroatoms. The second-order valence-corrected chi connectivity index (χ2v) is 4.14. The Morgan fingerprint density at radius 3 is 2.47 bits per heavy atom. The van der Waals surface area contributed by atoms with E-state index in [-0.39, 0.29) is 5.82 Å². The smallest absolute Gasteiger partial charge is 0.123 e. The van der Waals surface area contributed by atoms with Gasteiger partial charge in [-0.05, 0) is 43.2 Å². The molecule has 2 rings (SSSR count). The average molecular weight is 228 g/mol. The Hall–Kier alpha value is -2.08. The van der Waals surface area contributed by atoms with E-state index in [1.807, 2.05) is 24.5 Å². The normalized spacial score (nSPS) is 10.2. The Bertz CT molecular complexity index is 574. The molecule has 1 heterocycles. The molecule has 17 heavy (non-hydrogen) atoms. The lowest BCUT2D eigenvalue weighted by Crippen LogP contribution is -2.04. The molecule has 1 aromatic carbocycles. The monoisotopic (exact) mass is 228 g/mol. The first-order chi connectivity index (χ1) is 8.11. The molecule has 0 N–H and O–H groups in total. The van der Waals surface area contributed by atoms with Crippen molar-refractivity contribution in [3.63, 3.8) is 0 Å². The number of hydrogen-bond acceptors (Lipinski definition) is 1. The van der Waals surface area contributed by atoms with Gasteiger partial charge in [-0.1, -0.05) is 12.1 Å². The van der Waals surface area contributed by atoms with E-state index in [0.29, 0.717) is 12.2 Å². The van der Waals surface area contributed by atoms with Gasteiger partial charge in [0.05, 0.1) is 0 Å². The minimum atomic E-state index is -0.241. The van der Waals surface area contributed by atoms with Gasteiger partial charge in [-0.15, -0.1) is 0 Å². The molecular weight excluding hydrogens is 215 g/mol. The third-order valence-electron chi connectivity index (χ3n) is 2.85. The van der Waals surface area contributed by atoms with Crippen molar-refractivity contribution in [1.29, 1.82) is 5.26 Å². The summed E-state index contributed by atoms with van der Waals surface area (Å²) < 4.78 is 14.7. The fraction of sp³-hybridized carbons (Fsp3) is 0.214. The van der Waals surface area contributed by atoms with E-state index >= 15 is 0 Å². The van der Waals surface area contributed by atoms with Crippen molar-refractivity contribution in [3.8, 4) is 6.07 Å². The van der Waals surface area contributed by atoms with Gasteiger partial charge in [0.2, 0.25) is 0 Å². The quantitative estimate of drug-likeness (QED) is 0.776. The molecular formula is C14H13FN2. The van der Waals surface area contributed by atoms with Gasteiger partial charge in [0, 0.05) is 12.2 Å². The summed E-state index contributed by atoms with van der Waals surface area (Å²) in [6.07, 6.45) is 0. The second-order valence-electron chi connectivity index (χ2n) is 4.14. The predicted molar refractivity (Wildman–Crippen MR) is 64.1 cm³/mol. The first-order valence-electron chi connectivity index (χ1n) is 5.43. The lowest BCUT2D eigenvalue weighted by atomic mass is 10.2. The molecule has 0 unspecified atom stereocenters. The Morgan fingerprint density at radius 2 is 1.88 bits per heavy atom. The summed E-state index contributed by atoms with van der Waals surface area (Å²) in [5.74, 6) is -0.241. The predicted octanol–water partition coefficient (Wildman–Crippen LogP) is 3.16. The highest BCUT2D eigenvalue weighted by atomic mass is 19.1. The van der Waals surface area contributed by atoms with Crippen LogP contribution in [-0.2, 0) is 6.54 Å². The van der Waals surface area contributed by atoms with Crippen LogP contribution in [0.3, 0.4) is 0 Å². The molecule has 1 aromatic heterocycles. The van der Waals surface area contributed by atoms with Crippen LogP contribution < -0.4 is 0 Å². The van der Waals surface area contributed by atoms with E-state index in [0.717, 1.165) is 16.8 Å². The molecule has 0 amide bonds. The maximum atomic E-state index is 12.8. The van der Waals surface area contributed by atoms with E-state index < -0.39 is 0 Å². The van der Waals surface area contributed by atoms with Crippen molar-refractivity contribution in [3.05, 3.63) is 58.7 Å². The molecule has 0 radical (unpaired) electrons. The van der Waals surface area contributed by atoms with Gasteiger partial charge in [-0.2, -0.15) is 5.26 Å². The molecule has 0 spiro atoms. The van der Waals surface area contributed by atoms with Crippen LogP contribution in [0.25, 0.3) is 0 Å². The average Bonchev–Trinajstić information content (AvgIpc) is 2.57. The van der Waals surface area contributed by atoms with Crippen LogP contribution in [0.4, 0.5) is 4.39 Å². The zero-order valence-electron chi connectivity index (χ0n) is 9.87. The molecule has 0 saturated carbocycles. The van der Waals surface area contributed by atoms with E-state index in [1.165, 1.54) is 12.1 Å². The van der Waals surface area contributed by atoms with Gasteiger partial charge in [0.15, 0.2) is 0 Å². The van der Waals surface area contributed by atoms with Gasteiger partial charge >= 0.3 is 0 Å². The van der Waals surface area contributed by atoms with Crippen molar-refractivity contribution in [2.24, 2.45) is 0 Å². The van der Waals surface area contributed by atoms with Gasteiger partial charge in [-0.25, -0.2) is 4.39 Å². The zero-order chi connectivity index (χ0) is 12.4. The summed E-state index contributed by atoms with van der Waals surface area (Å²) in [4.78, 5) is 0. The summed E-state index contributed by atoms with van der Waals surface area (Å²) in [6, 6.07) is 10.6. The third-order valence-corrected chi connectivity index (χ3v) is 2.85. The number of rotatable bonds is 2. The molecule has 0 aliphatic heterocycles. The zero-order valence-corrected chi connectivity index (χ0v) is 9.87. The Labute approximate surface area is 99.9 Å². The van der Waals surface area contributed by atoms with Crippen LogP contribution in [0.15, 0.2) is 30.3 Å². The SMILES string of the molecule is Cc1cc(C)n(Cc2ccc(F)cc2)c1C#N. The van der Waals surface area contributed by atoms with Crippen molar-refractivity contribution in [1.82, 2.24) is 4.57 Å². The molecule has 86 valence electrons. The number of nitrogens with zero attached hydrogens (tertiary/aromatic N) is 2. The number of aryl methyl sites for hydroxylation is 2. The largest absolute Gasteiger partial charge is 0.332 e. The van der Waals surface area contributed by atoms with Gasteiger partial charge in [0.1, 0.15) is 17.6 Å². The first kappa shape index (κ1) is 11.4. The van der Waals surface area contributed by atoms with E-state index in [1.54, 1.807) is 12.1 Å². The Balaban J connectivity index is 2.36. The van der Waals surface area contributed by atoms with Crippen molar-refractivity contribution in [2.45, 2.75) is 20.4 Å². The standard InChI is InChI=1S/C14H13FN2/c1-10-7-11(2)17(14(10)8-16)9-12-3-5-13(15)6-4-12/h3-7H,9H2,1-2H3. The van der Waals surface area contributed by atoms with Crippen LogP contribution in [0, 0.1) is 31.0 Å². The molecule has 2 aromatic rings. The summed E-state index contributed by atoms with van der Waals surface area (Å²) >= 11 is 0. The third kappa shape index (κ3) is 2.21. The Morgan fingerprint density at radius 1 is 1.24 bits per heavy atom. The Kier molecular flexibility index (Phi) is 2.97. The fourth-order valence-electron chi connectivity index (χ4n) is 1.97. The first-order valence-corrected chi connectivity index (χ1v) is 5.43. The van der Waals surface area contributed by atoms with Crippen molar-refractivity contribution in [2.75, 3.05) is 0 Å². The van der Waals surface area contributed by atoms with E-state index in [4.69, 9.17) is 5.26 Å². The number of halogens is 1. The van der Waals surface area contributed by atoms with Crippen LogP contribution in [-0.4, -0.2) is 4.57 Å². The van der Waals surface area contributed by atoms with E-state index in [2.05, 4.69) is 6.07 Å². The molecule has 0 aliphatic rings. The van der Waals surface area contributed by atoms with Gasteiger partial charge in [0.25, 0.3) is 0 Å². The van der Waals surface area contributed by atoms with Gasteiger partial charge in [-0.3, -0.25) is 0 Å². The highest BCUT2D eigenvalue weighted by Crippen LogP contribution is 2.16. The van der Waals surface area contributed by atoms with Gasteiger partial charge < -0.3 is 4.57 Å². The molecule has 0 saturated heterocycles. The fourth-order valence-corrected chi connectivity index (χ4v) is 1.97. The van der Waals surface area contributed by atoms with Crippen LogP contribution in [0.1, 0.15) is 22.5 Å². The minimum Gasteiger partial charge on any atom is -0.332 e. The number of hydrogen-bond donors (Lipinski definition) is 0. The van der Waals surface area contributed by atoms with Crippen LogP contribution in [0.2, 0.25) is 0 Å². The van der Waals surface area contributed by atoms with Crippen molar-refractivity contribution >= 4 is 0 Å². The summed E-state index contributed by atoms with van der Waals surface area (Å²) in [6.45, 7) is 4.49. The van der Waals surface area contributed by atoms with Crippen molar-refractivity contribution < 1.29 is 4.39 Å². The molecule has 0 atom stereocenters. The number of nitriles is 1. The minimum absolute atomic E-state index is 0.241. The lowest BCUT2D eigenvalue weighted by Gasteiger charge is -2.08. The van der Waals surface area contributed by atoms with Crippen LogP contribution >= 0.6 is 0 Å². The van der Waals surface area contributed by atoms with Crippen LogP contribution in [0.5, 0.6) is 0 Å². The maximum Gasteiger partial charge on any atom is 0.123 e. The molecule has 0 fully saturated rings. The number of benzene rings is 1. The lowest BCUT2D eigenvalue weighted by molar-refractivity contribution is 0.626. The molecule has 2 nitrogen and oxygen atoms in total. The molecule has 0 aliphatic carbocycles. The highest BCUT2D eigenvalue weighted by Gasteiger charge is 2.09. The second kappa shape index (κ2) is 4.42. The summed E-state index contributed by atoms with van der Waals surface area (Å²) in [5.41, 5.74) is 3.68. The van der Waals surface area contributed by atoms with E-state index in [9.17, 15) is 4.39 Å². The highest BCUT2D eigenvalue weighted by molar-refractivity contribution is 5.36. The maximum absolute atomic E-state index is 12.8. The summed E-state index contributed by atoms with van der Waals surface area (Å²) in [7, 11) is 0. The summed E-state index contributed by atoms with van der Waals surface area (Å²) in [5, 5.41) is 9.10. The number of aromatic nitrogens is 1.